The Morgan fingerprint density at radius 3 is 2.72 bits per heavy atom. The fraction of sp³-hybridized carbons (Fsp3) is 0.625. The molecule has 0 amide bonds. The lowest BCUT2D eigenvalue weighted by Crippen LogP contribution is -2.55. The molecular weight excluding hydrogens is 220 g/mol. The lowest BCUT2D eigenvalue weighted by atomic mass is 9.98. The van der Waals surface area contributed by atoms with Gasteiger partial charge in [0.25, 0.3) is 0 Å². The number of anilines is 1. The summed E-state index contributed by atoms with van der Waals surface area (Å²) < 4.78 is 0. The number of piperazine rings is 1. The number of rotatable bonds is 3. The van der Waals surface area contributed by atoms with Gasteiger partial charge in [-0.2, -0.15) is 0 Å². The molecule has 0 spiro atoms. The lowest BCUT2D eigenvalue weighted by molar-refractivity contribution is 0.397. The minimum atomic E-state index is 0.577. The third-order valence-corrected chi connectivity index (χ3v) is 4.01. The molecule has 1 aliphatic rings. The van der Waals surface area contributed by atoms with Crippen LogP contribution in [-0.4, -0.2) is 25.2 Å². The molecule has 2 atom stereocenters. The first kappa shape index (κ1) is 13.4. The molecular formula is C16H26N2. The molecule has 1 aromatic rings. The summed E-state index contributed by atoms with van der Waals surface area (Å²) in [5.74, 6) is 0.586. The van der Waals surface area contributed by atoms with E-state index in [1.807, 2.05) is 0 Å². The van der Waals surface area contributed by atoms with E-state index in [9.17, 15) is 0 Å². The summed E-state index contributed by atoms with van der Waals surface area (Å²) in [6.45, 7) is 11.4. The second-order valence-electron chi connectivity index (χ2n) is 5.73. The van der Waals surface area contributed by atoms with E-state index in [0.29, 0.717) is 18.0 Å². The van der Waals surface area contributed by atoms with Crippen molar-refractivity contribution in [3.8, 4) is 0 Å². The van der Waals surface area contributed by atoms with Crippen LogP contribution in [0.2, 0.25) is 0 Å². The van der Waals surface area contributed by atoms with Crippen LogP contribution in [-0.2, 0) is 0 Å². The predicted molar refractivity (Wildman–Crippen MR) is 79.4 cm³/mol. The molecule has 1 fully saturated rings. The van der Waals surface area contributed by atoms with Gasteiger partial charge in [0, 0.05) is 30.9 Å². The van der Waals surface area contributed by atoms with Crippen molar-refractivity contribution in [2.24, 2.45) is 0 Å². The Morgan fingerprint density at radius 1 is 1.33 bits per heavy atom. The minimum absolute atomic E-state index is 0.577. The molecule has 1 saturated heterocycles. The van der Waals surface area contributed by atoms with Gasteiger partial charge in [0.2, 0.25) is 0 Å². The lowest BCUT2D eigenvalue weighted by Gasteiger charge is -2.41. The first-order valence-electron chi connectivity index (χ1n) is 7.22. The van der Waals surface area contributed by atoms with Crippen LogP contribution in [0.15, 0.2) is 24.3 Å². The Balaban J connectivity index is 2.28. The SMILES string of the molecule is CCC1CN(c2ccccc2C(C)C)C(C)CN1. The van der Waals surface area contributed by atoms with Crippen molar-refractivity contribution in [2.45, 2.75) is 52.1 Å². The molecule has 1 N–H and O–H groups in total. The van der Waals surface area contributed by atoms with Gasteiger partial charge in [-0.25, -0.2) is 0 Å². The van der Waals surface area contributed by atoms with Crippen molar-refractivity contribution >= 4 is 5.69 Å². The Kier molecular flexibility index (Phi) is 4.28. The number of nitrogens with zero attached hydrogens (tertiary/aromatic N) is 1. The zero-order chi connectivity index (χ0) is 13.1. The van der Waals surface area contributed by atoms with Gasteiger partial charge in [0.15, 0.2) is 0 Å². The first-order valence-corrected chi connectivity index (χ1v) is 7.22. The normalized spacial score (nSPS) is 24.6. The number of nitrogens with one attached hydrogen (secondary N) is 1. The number of hydrogen-bond donors (Lipinski definition) is 1. The first-order chi connectivity index (χ1) is 8.63. The van der Waals surface area contributed by atoms with Gasteiger partial charge < -0.3 is 10.2 Å². The topological polar surface area (TPSA) is 15.3 Å². The van der Waals surface area contributed by atoms with Gasteiger partial charge in [-0.05, 0) is 30.9 Å². The van der Waals surface area contributed by atoms with Crippen molar-refractivity contribution in [3.63, 3.8) is 0 Å². The Morgan fingerprint density at radius 2 is 2.06 bits per heavy atom. The molecule has 0 aromatic heterocycles. The zero-order valence-electron chi connectivity index (χ0n) is 12.1. The second kappa shape index (κ2) is 5.75. The zero-order valence-corrected chi connectivity index (χ0v) is 12.1. The van der Waals surface area contributed by atoms with Crippen molar-refractivity contribution in [1.29, 1.82) is 0 Å². The fourth-order valence-corrected chi connectivity index (χ4v) is 2.78. The smallest absolute Gasteiger partial charge is 0.0404 e. The van der Waals surface area contributed by atoms with Crippen molar-refractivity contribution in [1.82, 2.24) is 5.32 Å². The highest BCUT2D eigenvalue weighted by atomic mass is 15.2. The molecule has 2 nitrogen and oxygen atoms in total. The van der Waals surface area contributed by atoms with E-state index in [1.165, 1.54) is 17.7 Å². The molecule has 2 heteroatoms. The molecule has 0 bridgehead atoms. The number of para-hydroxylation sites is 1. The Hall–Kier alpha value is -1.02. The van der Waals surface area contributed by atoms with Crippen molar-refractivity contribution < 1.29 is 0 Å². The van der Waals surface area contributed by atoms with Gasteiger partial charge in [-0.1, -0.05) is 39.0 Å². The van der Waals surface area contributed by atoms with Gasteiger partial charge >= 0.3 is 0 Å². The maximum atomic E-state index is 3.63. The highest BCUT2D eigenvalue weighted by molar-refractivity contribution is 5.56. The van der Waals surface area contributed by atoms with E-state index < -0.39 is 0 Å². The van der Waals surface area contributed by atoms with Gasteiger partial charge in [-0.3, -0.25) is 0 Å². The van der Waals surface area contributed by atoms with Crippen LogP contribution in [0.25, 0.3) is 0 Å². The van der Waals surface area contributed by atoms with E-state index >= 15 is 0 Å². The monoisotopic (exact) mass is 246 g/mol. The highest BCUT2D eigenvalue weighted by Gasteiger charge is 2.25. The van der Waals surface area contributed by atoms with E-state index in [2.05, 4.69) is 62.2 Å². The number of benzene rings is 1. The number of hydrogen-bond acceptors (Lipinski definition) is 2. The predicted octanol–water partition coefficient (Wildman–Crippen LogP) is 3.39. The molecule has 1 aliphatic heterocycles. The van der Waals surface area contributed by atoms with E-state index in [0.717, 1.165) is 13.1 Å². The summed E-state index contributed by atoms with van der Waals surface area (Å²) in [5.41, 5.74) is 2.90. The largest absolute Gasteiger partial charge is 0.366 e. The summed E-state index contributed by atoms with van der Waals surface area (Å²) in [4.78, 5) is 2.58. The standard InChI is InChI=1S/C16H26N2/c1-5-14-11-18(13(4)10-17-14)16-9-7-6-8-15(16)12(2)3/h6-9,12-14,17H,5,10-11H2,1-4H3. The molecule has 100 valence electrons. The highest BCUT2D eigenvalue weighted by Crippen LogP contribution is 2.29. The van der Waals surface area contributed by atoms with Crippen LogP contribution in [0.4, 0.5) is 5.69 Å². The molecule has 1 aromatic carbocycles. The molecule has 0 radical (unpaired) electrons. The van der Waals surface area contributed by atoms with E-state index in [4.69, 9.17) is 0 Å². The molecule has 1 heterocycles. The molecule has 0 aliphatic carbocycles. The Bertz CT molecular complexity index is 386. The molecule has 2 rings (SSSR count). The third-order valence-electron chi connectivity index (χ3n) is 4.01. The van der Waals surface area contributed by atoms with E-state index in [-0.39, 0.29) is 0 Å². The Labute approximate surface area is 111 Å². The summed E-state index contributed by atoms with van der Waals surface area (Å²) in [6.07, 6.45) is 1.20. The summed E-state index contributed by atoms with van der Waals surface area (Å²) in [6, 6.07) is 10.1. The van der Waals surface area contributed by atoms with Gasteiger partial charge in [0.05, 0.1) is 0 Å². The summed E-state index contributed by atoms with van der Waals surface area (Å²) >= 11 is 0. The van der Waals surface area contributed by atoms with Crippen LogP contribution < -0.4 is 10.2 Å². The summed E-state index contributed by atoms with van der Waals surface area (Å²) in [7, 11) is 0. The van der Waals surface area contributed by atoms with Gasteiger partial charge in [0.1, 0.15) is 0 Å². The summed E-state index contributed by atoms with van der Waals surface area (Å²) in [5, 5.41) is 3.63. The minimum Gasteiger partial charge on any atom is -0.366 e. The quantitative estimate of drug-likeness (QED) is 0.879. The second-order valence-corrected chi connectivity index (χ2v) is 5.73. The van der Waals surface area contributed by atoms with Crippen LogP contribution in [0.5, 0.6) is 0 Å². The molecule has 2 unspecified atom stereocenters. The average molecular weight is 246 g/mol. The van der Waals surface area contributed by atoms with Crippen LogP contribution in [0.1, 0.15) is 45.6 Å². The van der Waals surface area contributed by atoms with E-state index in [1.54, 1.807) is 0 Å². The average Bonchev–Trinajstić information content (AvgIpc) is 2.39. The molecule has 18 heavy (non-hydrogen) atoms. The fourth-order valence-electron chi connectivity index (χ4n) is 2.78. The maximum Gasteiger partial charge on any atom is 0.0404 e. The molecule has 0 saturated carbocycles. The van der Waals surface area contributed by atoms with Crippen molar-refractivity contribution in [2.75, 3.05) is 18.0 Å². The maximum absolute atomic E-state index is 3.63. The van der Waals surface area contributed by atoms with Crippen LogP contribution in [0, 0.1) is 0 Å². The van der Waals surface area contributed by atoms with Crippen LogP contribution >= 0.6 is 0 Å². The van der Waals surface area contributed by atoms with Gasteiger partial charge in [-0.15, -0.1) is 0 Å². The van der Waals surface area contributed by atoms with Crippen LogP contribution in [0.3, 0.4) is 0 Å². The third kappa shape index (κ3) is 2.69. The van der Waals surface area contributed by atoms with Crippen molar-refractivity contribution in [3.05, 3.63) is 29.8 Å².